The minimum absolute atomic E-state index is 0.112. The van der Waals surface area contributed by atoms with Gasteiger partial charge in [-0.1, -0.05) is 28.1 Å². The number of hydrogen-bond donors (Lipinski definition) is 0. The molecule has 0 amide bonds. The van der Waals surface area contributed by atoms with E-state index in [0.29, 0.717) is 36.5 Å². The number of carbonyl (C=O) groups is 1. The molecular formula is C14H19BrO3S. The lowest BCUT2D eigenvalue weighted by Gasteiger charge is -2.03. The number of Topliss-reactive ketones (excluding diaryl/α,β-unsaturated/α-hetero) is 1. The normalized spacial score (nSPS) is 12.3. The monoisotopic (exact) mass is 346 g/mol. The van der Waals surface area contributed by atoms with Gasteiger partial charge in [0, 0.05) is 52.5 Å². The first-order valence-electron chi connectivity index (χ1n) is 6.26. The molecule has 1 aromatic carbocycles. The topological polar surface area (TPSA) is 43.4 Å². The Morgan fingerprint density at radius 1 is 1.21 bits per heavy atom. The molecule has 0 saturated carbocycles. The number of hydrogen-bond acceptors (Lipinski definition) is 3. The molecule has 5 heteroatoms. The van der Waals surface area contributed by atoms with Crippen molar-refractivity contribution in [3.05, 3.63) is 34.3 Å². The maximum Gasteiger partial charge on any atom is 0.162 e. The van der Waals surface area contributed by atoms with Crippen LogP contribution in [-0.2, 0) is 15.5 Å². The lowest BCUT2D eigenvalue weighted by molar-refractivity contribution is 0.0982. The number of halogens is 1. The van der Waals surface area contributed by atoms with Gasteiger partial charge in [0.1, 0.15) is 0 Å². The molecule has 0 aromatic heterocycles. The number of benzene rings is 1. The average Bonchev–Trinajstić information content (AvgIpc) is 2.39. The molecule has 3 nitrogen and oxygen atoms in total. The van der Waals surface area contributed by atoms with Gasteiger partial charge in [0.2, 0.25) is 0 Å². The van der Waals surface area contributed by atoms with Crippen LogP contribution in [0.1, 0.15) is 29.6 Å². The summed E-state index contributed by atoms with van der Waals surface area (Å²) in [7, 11) is 0.801. The van der Waals surface area contributed by atoms with E-state index in [-0.39, 0.29) is 5.78 Å². The summed E-state index contributed by atoms with van der Waals surface area (Å²) in [6.07, 6.45) is 1.94. The van der Waals surface area contributed by atoms with Crippen molar-refractivity contribution in [3.8, 4) is 0 Å². The summed E-state index contributed by atoms with van der Waals surface area (Å²) in [6.45, 7) is 0.642. The molecule has 0 aliphatic heterocycles. The van der Waals surface area contributed by atoms with E-state index in [9.17, 15) is 9.00 Å². The van der Waals surface area contributed by atoms with Gasteiger partial charge >= 0.3 is 0 Å². The Balaban J connectivity index is 2.23. The van der Waals surface area contributed by atoms with E-state index in [1.807, 2.05) is 24.3 Å². The molecule has 0 bridgehead atoms. The second-order valence-electron chi connectivity index (χ2n) is 4.23. The van der Waals surface area contributed by atoms with Gasteiger partial charge in [-0.2, -0.15) is 0 Å². The highest BCUT2D eigenvalue weighted by Crippen LogP contribution is 2.12. The summed E-state index contributed by atoms with van der Waals surface area (Å²) in [5, 5.41) is 0. The summed E-state index contributed by atoms with van der Waals surface area (Å²) in [6, 6.07) is 7.33. The third kappa shape index (κ3) is 6.99. The Labute approximate surface area is 125 Å². The molecule has 0 fully saturated rings. The number of methoxy groups -OCH3 is 1. The van der Waals surface area contributed by atoms with Crippen molar-refractivity contribution in [2.45, 2.75) is 19.3 Å². The molecule has 106 valence electrons. The first-order chi connectivity index (χ1) is 9.13. The van der Waals surface area contributed by atoms with Crippen LogP contribution < -0.4 is 0 Å². The highest BCUT2D eigenvalue weighted by Gasteiger charge is 2.07. The number of ketones is 1. The van der Waals surface area contributed by atoms with Crippen LogP contribution in [0.4, 0.5) is 0 Å². The number of rotatable bonds is 9. The van der Waals surface area contributed by atoms with E-state index in [4.69, 9.17) is 4.74 Å². The molecule has 1 atom stereocenters. The molecule has 0 N–H and O–H groups in total. The first kappa shape index (κ1) is 16.5. The lowest BCUT2D eigenvalue weighted by Crippen LogP contribution is -2.07. The van der Waals surface area contributed by atoms with E-state index in [0.717, 1.165) is 10.9 Å². The van der Waals surface area contributed by atoms with Crippen molar-refractivity contribution in [1.29, 1.82) is 0 Å². The van der Waals surface area contributed by atoms with Gasteiger partial charge in [0.25, 0.3) is 0 Å². The van der Waals surface area contributed by atoms with E-state index in [2.05, 4.69) is 15.9 Å². The van der Waals surface area contributed by atoms with Crippen molar-refractivity contribution in [3.63, 3.8) is 0 Å². The molecule has 19 heavy (non-hydrogen) atoms. The zero-order valence-corrected chi connectivity index (χ0v) is 13.5. The van der Waals surface area contributed by atoms with Gasteiger partial charge in [-0.3, -0.25) is 9.00 Å². The average molecular weight is 347 g/mol. The maximum atomic E-state index is 11.9. The second-order valence-corrected chi connectivity index (χ2v) is 6.84. The van der Waals surface area contributed by atoms with Crippen molar-refractivity contribution in [1.82, 2.24) is 0 Å². The van der Waals surface area contributed by atoms with Crippen LogP contribution in [0, 0.1) is 0 Å². The Hall–Kier alpha value is -0.520. The van der Waals surface area contributed by atoms with E-state index in [1.165, 1.54) is 0 Å². The predicted molar refractivity (Wildman–Crippen MR) is 82.1 cm³/mol. The quantitative estimate of drug-likeness (QED) is 0.509. The minimum atomic E-state index is -0.838. The number of carbonyl (C=O) groups excluding carboxylic acids is 1. The SMILES string of the molecule is COCCCS(=O)CCCC(=O)c1ccc(Br)cc1. The van der Waals surface area contributed by atoms with Crippen LogP contribution in [0.3, 0.4) is 0 Å². The summed E-state index contributed by atoms with van der Waals surface area (Å²) >= 11 is 3.33. The van der Waals surface area contributed by atoms with Gasteiger partial charge < -0.3 is 4.74 Å². The molecule has 0 aliphatic rings. The molecule has 0 heterocycles. The van der Waals surface area contributed by atoms with E-state index >= 15 is 0 Å². The molecule has 1 rings (SSSR count). The zero-order chi connectivity index (χ0) is 14.1. The first-order valence-corrected chi connectivity index (χ1v) is 8.54. The van der Waals surface area contributed by atoms with Gasteiger partial charge in [-0.25, -0.2) is 0 Å². The summed E-state index contributed by atoms with van der Waals surface area (Å²) in [5.74, 6) is 1.35. The molecule has 0 aliphatic carbocycles. The van der Waals surface area contributed by atoms with Crippen molar-refractivity contribution < 1.29 is 13.7 Å². The van der Waals surface area contributed by atoms with Gasteiger partial charge in [-0.15, -0.1) is 0 Å². The van der Waals surface area contributed by atoms with Crippen LogP contribution in [0.2, 0.25) is 0 Å². The second kappa shape index (κ2) is 9.39. The Kier molecular flexibility index (Phi) is 8.18. The molecule has 0 spiro atoms. The van der Waals surface area contributed by atoms with Crippen LogP contribution in [0.15, 0.2) is 28.7 Å². The molecule has 0 saturated heterocycles. The van der Waals surface area contributed by atoms with Crippen LogP contribution in [0.5, 0.6) is 0 Å². The Morgan fingerprint density at radius 2 is 1.84 bits per heavy atom. The highest BCUT2D eigenvalue weighted by molar-refractivity contribution is 9.10. The third-order valence-corrected chi connectivity index (χ3v) is 4.68. The summed E-state index contributed by atoms with van der Waals surface area (Å²) < 4.78 is 17.5. The highest BCUT2D eigenvalue weighted by atomic mass is 79.9. The minimum Gasteiger partial charge on any atom is -0.385 e. The standard InChI is InChI=1S/C14H19BrO3S/c1-18-9-3-11-19(17)10-2-4-14(16)12-5-7-13(15)8-6-12/h5-8H,2-4,9-11H2,1H3. The smallest absolute Gasteiger partial charge is 0.162 e. The number of ether oxygens (including phenoxy) is 1. The fourth-order valence-corrected chi connectivity index (χ4v) is 3.01. The van der Waals surface area contributed by atoms with Crippen LogP contribution in [0.25, 0.3) is 0 Å². The van der Waals surface area contributed by atoms with Crippen molar-refractivity contribution in [2.75, 3.05) is 25.2 Å². The maximum absolute atomic E-state index is 11.9. The van der Waals surface area contributed by atoms with Crippen molar-refractivity contribution >= 4 is 32.5 Å². The van der Waals surface area contributed by atoms with Crippen LogP contribution in [-0.4, -0.2) is 35.2 Å². The van der Waals surface area contributed by atoms with Crippen LogP contribution >= 0.6 is 15.9 Å². The van der Waals surface area contributed by atoms with Gasteiger partial charge in [-0.05, 0) is 25.0 Å². The lowest BCUT2D eigenvalue weighted by atomic mass is 10.1. The van der Waals surface area contributed by atoms with Gasteiger partial charge in [0.15, 0.2) is 5.78 Å². The summed E-state index contributed by atoms with van der Waals surface area (Å²) in [4.78, 5) is 11.9. The fraction of sp³-hybridized carbons (Fsp3) is 0.500. The molecule has 0 radical (unpaired) electrons. The van der Waals surface area contributed by atoms with Crippen molar-refractivity contribution in [2.24, 2.45) is 0 Å². The molecule has 1 aromatic rings. The van der Waals surface area contributed by atoms with E-state index in [1.54, 1.807) is 7.11 Å². The predicted octanol–water partition coefficient (Wildman–Crippen LogP) is 3.20. The Morgan fingerprint density at radius 3 is 2.47 bits per heavy atom. The summed E-state index contributed by atoms with van der Waals surface area (Å²) in [5.41, 5.74) is 0.716. The van der Waals surface area contributed by atoms with Gasteiger partial charge in [0.05, 0.1) is 0 Å². The fourth-order valence-electron chi connectivity index (χ4n) is 1.64. The largest absolute Gasteiger partial charge is 0.385 e. The molecular weight excluding hydrogens is 328 g/mol. The van der Waals surface area contributed by atoms with E-state index < -0.39 is 10.8 Å². The molecule has 1 unspecified atom stereocenters. The zero-order valence-electron chi connectivity index (χ0n) is 11.1. The Bertz CT molecular complexity index is 417. The third-order valence-electron chi connectivity index (χ3n) is 2.66.